The first-order chi connectivity index (χ1) is 14.0. The van der Waals surface area contributed by atoms with Crippen molar-refractivity contribution in [2.24, 2.45) is 0 Å². The van der Waals surface area contributed by atoms with Crippen LogP contribution in [-0.4, -0.2) is 49.9 Å². The van der Waals surface area contributed by atoms with Crippen LogP contribution in [0.2, 0.25) is 0 Å². The minimum absolute atomic E-state index is 0.0318. The zero-order valence-corrected chi connectivity index (χ0v) is 17.7. The van der Waals surface area contributed by atoms with Gasteiger partial charge in [0.1, 0.15) is 5.75 Å². The predicted octanol–water partition coefficient (Wildman–Crippen LogP) is 3.73. The summed E-state index contributed by atoms with van der Waals surface area (Å²) in [6, 6.07) is 17.5. The van der Waals surface area contributed by atoms with Crippen LogP contribution in [0.5, 0.6) is 5.75 Å². The van der Waals surface area contributed by atoms with Crippen molar-refractivity contribution in [3.63, 3.8) is 0 Å². The Morgan fingerprint density at radius 3 is 2.31 bits per heavy atom. The van der Waals surface area contributed by atoms with Gasteiger partial charge in [-0.2, -0.15) is 0 Å². The molecule has 2 aromatic carbocycles. The van der Waals surface area contributed by atoms with Crippen molar-refractivity contribution in [2.45, 2.75) is 38.6 Å². The Morgan fingerprint density at radius 1 is 1.00 bits per heavy atom. The van der Waals surface area contributed by atoms with Crippen molar-refractivity contribution < 1.29 is 14.3 Å². The number of hydrogen-bond acceptors (Lipinski definition) is 4. The van der Waals surface area contributed by atoms with E-state index in [0.717, 1.165) is 18.6 Å². The van der Waals surface area contributed by atoms with Crippen LogP contribution in [0.25, 0.3) is 0 Å². The summed E-state index contributed by atoms with van der Waals surface area (Å²) >= 11 is 0. The molecule has 1 atom stereocenters. The van der Waals surface area contributed by atoms with E-state index in [4.69, 9.17) is 4.74 Å². The standard InChI is InChI=1S/C24H32N2O3/c1-4-16-29-22-12-10-20(11-13-22)23(27)14-15-24(28)25-18-21(26(2)3)17-19-8-6-5-7-9-19/h5-13,21H,4,14-18H2,1-3H3,(H,25,28). The van der Waals surface area contributed by atoms with Crippen LogP contribution in [0.4, 0.5) is 0 Å². The number of rotatable bonds is 12. The molecule has 1 amide bonds. The first-order valence-corrected chi connectivity index (χ1v) is 10.2. The minimum Gasteiger partial charge on any atom is -0.494 e. The van der Waals surface area contributed by atoms with Gasteiger partial charge in [0.05, 0.1) is 6.61 Å². The van der Waals surface area contributed by atoms with Gasteiger partial charge in [0, 0.05) is 31.0 Å². The van der Waals surface area contributed by atoms with Gasteiger partial charge in [-0.3, -0.25) is 9.59 Å². The second kappa shape index (κ2) is 12.0. The third kappa shape index (κ3) is 8.08. The number of carbonyl (C=O) groups excluding carboxylic acids is 2. The lowest BCUT2D eigenvalue weighted by Gasteiger charge is -2.24. The maximum atomic E-state index is 12.3. The van der Waals surface area contributed by atoms with Crippen LogP contribution >= 0.6 is 0 Å². The number of nitrogens with zero attached hydrogens (tertiary/aromatic N) is 1. The molecule has 1 N–H and O–H groups in total. The molecule has 0 bridgehead atoms. The zero-order valence-electron chi connectivity index (χ0n) is 17.7. The van der Waals surface area contributed by atoms with E-state index in [2.05, 4.69) is 22.3 Å². The molecule has 2 rings (SSSR count). The van der Waals surface area contributed by atoms with Gasteiger partial charge in [0.15, 0.2) is 5.78 Å². The number of carbonyl (C=O) groups is 2. The predicted molar refractivity (Wildman–Crippen MR) is 116 cm³/mol. The second-order valence-corrected chi connectivity index (χ2v) is 7.41. The van der Waals surface area contributed by atoms with E-state index in [-0.39, 0.29) is 30.6 Å². The number of nitrogens with one attached hydrogen (secondary N) is 1. The van der Waals surface area contributed by atoms with Gasteiger partial charge in [-0.1, -0.05) is 37.3 Å². The largest absolute Gasteiger partial charge is 0.494 e. The molecule has 0 aliphatic rings. The van der Waals surface area contributed by atoms with Crippen LogP contribution in [0.15, 0.2) is 54.6 Å². The molecular weight excluding hydrogens is 364 g/mol. The average molecular weight is 397 g/mol. The first kappa shape index (κ1) is 22.6. The molecule has 1 unspecified atom stereocenters. The van der Waals surface area contributed by atoms with E-state index in [1.54, 1.807) is 24.3 Å². The third-order valence-corrected chi connectivity index (χ3v) is 4.81. The Labute approximate surface area is 174 Å². The van der Waals surface area contributed by atoms with Crippen LogP contribution in [0.1, 0.15) is 42.1 Å². The molecule has 2 aromatic rings. The molecule has 0 heterocycles. The van der Waals surface area contributed by atoms with Crippen molar-refractivity contribution in [1.29, 1.82) is 0 Å². The van der Waals surface area contributed by atoms with Crippen molar-refractivity contribution >= 4 is 11.7 Å². The lowest BCUT2D eigenvalue weighted by atomic mass is 10.0. The normalized spacial score (nSPS) is 11.9. The highest BCUT2D eigenvalue weighted by Crippen LogP contribution is 2.14. The molecule has 5 heteroatoms. The van der Waals surface area contributed by atoms with E-state index >= 15 is 0 Å². The summed E-state index contributed by atoms with van der Waals surface area (Å²) in [6.07, 6.45) is 2.19. The monoisotopic (exact) mass is 396 g/mol. The van der Waals surface area contributed by atoms with Gasteiger partial charge in [-0.15, -0.1) is 0 Å². The smallest absolute Gasteiger partial charge is 0.220 e. The van der Waals surface area contributed by atoms with Gasteiger partial charge in [0.2, 0.25) is 5.91 Å². The highest BCUT2D eigenvalue weighted by Gasteiger charge is 2.15. The summed E-state index contributed by atoms with van der Waals surface area (Å²) in [5.41, 5.74) is 1.85. The molecule has 29 heavy (non-hydrogen) atoms. The number of amides is 1. The molecular formula is C24H32N2O3. The Hall–Kier alpha value is -2.66. The summed E-state index contributed by atoms with van der Waals surface area (Å²) in [5, 5.41) is 2.97. The summed E-state index contributed by atoms with van der Waals surface area (Å²) in [6.45, 7) is 3.26. The molecule has 0 fully saturated rings. The van der Waals surface area contributed by atoms with E-state index < -0.39 is 0 Å². The van der Waals surface area contributed by atoms with Crippen LogP contribution in [-0.2, 0) is 11.2 Å². The molecule has 0 saturated heterocycles. The van der Waals surface area contributed by atoms with Gasteiger partial charge in [0.25, 0.3) is 0 Å². The minimum atomic E-state index is -0.0961. The molecule has 0 spiro atoms. The Kier molecular flexibility index (Phi) is 9.38. The maximum absolute atomic E-state index is 12.3. The molecule has 0 aliphatic heterocycles. The number of benzene rings is 2. The van der Waals surface area contributed by atoms with Crippen molar-refractivity contribution in [2.75, 3.05) is 27.2 Å². The maximum Gasteiger partial charge on any atom is 0.220 e. The fraction of sp³-hybridized carbons (Fsp3) is 0.417. The van der Waals surface area contributed by atoms with E-state index in [1.807, 2.05) is 39.2 Å². The Balaban J connectivity index is 1.77. The van der Waals surface area contributed by atoms with Gasteiger partial charge >= 0.3 is 0 Å². The Morgan fingerprint density at radius 2 is 1.69 bits per heavy atom. The number of ether oxygens (including phenoxy) is 1. The van der Waals surface area contributed by atoms with Crippen LogP contribution in [0, 0.1) is 0 Å². The molecule has 0 aliphatic carbocycles. The fourth-order valence-electron chi connectivity index (χ4n) is 2.97. The lowest BCUT2D eigenvalue weighted by Crippen LogP contribution is -2.41. The average Bonchev–Trinajstić information content (AvgIpc) is 2.74. The zero-order chi connectivity index (χ0) is 21.1. The number of hydrogen-bond donors (Lipinski definition) is 1. The van der Waals surface area contributed by atoms with Crippen molar-refractivity contribution in [1.82, 2.24) is 10.2 Å². The molecule has 0 saturated carbocycles. The van der Waals surface area contributed by atoms with Gasteiger partial charge in [-0.05, 0) is 56.8 Å². The molecule has 0 radical (unpaired) electrons. The third-order valence-electron chi connectivity index (χ3n) is 4.81. The van der Waals surface area contributed by atoms with Crippen LogP contribution in [0.3, 0.4) is 0 Å². The van der Waals surface area contributed by atoms with Crippen molar-refractivity contribution in [3.8, 4) is 5.75 Å². The second-order valence-electron chi connectivity index (χ2n) is 7.41. The summed E-state index contributed by atoms with van der Waals surface area (Å²) in [4.78, 5) is 26.7. The van der Waals surface area contributed by atoms with Crippen molar-refractivity contribution in [3.05, 3.63) is 65.7 Å². The summed E-state index contributed by atoms with van der Waals surface area (Å²) in [7, 11) is 4.02. The molecule has 0 aromatic heterocycles. The Bertz CT molecular complexity index is 757. The van der Waals surface area contributed by atoms with Crippen LogP contribution < -0.4 is 10.1 Å². The number of Topliss-reactive ketones (excluding diaryl/α,β-unsaturated/α-hetero) is 1. The first-order valence-electron chi connectivity index (χ1n) is 10.2. The summed E-state index contributed by atoms with van der Waals surface area (Å²) in [5.74, 6) is 0.631. The molecule has 156 valence electrons. The van der Waals surface area contributed by atoms with E-state index in [1.165, 1.54) is 5.56 Å². The highest BCUT2D eigenvalue weighted by molar-refractivity contribution is 5.98. The lowest BCUT2D eigenvalue weighted by molar-refractivity contribution is -0.121. The number of likely N-dealkylation sites (N-methyl/N-ethyl adjacent to an activating group) is 1. The van der Waals surface area contributed by atoms with E-state index in [9.17, 15) is 9.59 Å². The number of ketones is 1. The van der Waals surface area contributed by atoms with Gasteiger partial charge < -0.3 is 15.0 Å². The fourth-order valence-corrected chi connectivity index (χ4v) is 2.97. The summed E-state index contributed by atoms with van der Waals surface area (Å²) < 4.78 is 5.52. The SMILES string of the molecule is CCCOc1ccc(C(=O)CCC(=O)NCC(Cc2ccccc2)N(C)C)cc1. The molecule has 5 nitrogen and oxygen atoms in total. The quantitative estimate of drug-likeness (QED) is 0.556. The van der Waals surface area contributed by atoms with Gasteiger partial charge in [-0.25, -0.2) is 0 Å². The van der Waals surface area contributed by atoms with E-state index in [0.29, 0.717) is 18.7 Å². The highest BCUT2D eigenvalue weighted by atomic mass is 16.5. The topological polar surface area (TPSA) is 58.6 Å².